The predicted octanol–water partition coefficient (Wildman–Crippen LogP) is 2.06. The van der Waals surface area contributed by atoms with Gasteiger partial charge in [0.25, 0.3) is 0 Å². The maximum absolute atomic E-state index is 12.1. The molecule has 1 saturated heterocycles. The standard InChI is InChI=1S/C18H28BNO4/c1-12(2)20-16(21)11-13-10-14(8-9-15(13)22-7)19-23-17(3,4)18(5,6)24-19/h8-10,12H,11H2,1-7H3,(H,20,21). The molecule has 24 heavy (non-hydrogen) atoms. The molecule has 0 bridgehead atoms. The zero-order valence-corrected chi connectivity index (χ0v) is 15.7. The smallest absolute Gasteiger partial charge is 0.494 e. The summed E-state index contributed by atoms with van der Waals surface area (Å²) in [5, 5.41) is 2.90. The molecule has 0 spiro atoms. The monoisotopic (exact) mass is 333 g/mol. The van der Waals surface area contributed by atoms with E-state index >= 15 is 0 Å². The molecule has 1 amide bonds. The average Bonchev–Trinajstić information content (AvgIpc) is 2.66. The molecule has 1 heterocycles. The normalized spacial score (nSPS) is 18.8. The molecule has 1 N–H and O–H groups in total. The predicted molar refractivity (Wildman–Crippen MR) is 95.7 cm³/mol. The van der Waals surface area contributed by atoms with Crippen LogP contribution < -0.4 is 15.5 Å². The van der Waals surface area contributed by atoms with Crippen molar-refractivity contribution >= 4 is 18.5 Å². The van der Waals surface area contributed by atoms with E-state index in [-0.39, 0.29) is 18.4 Å². The van der Waals surface area contributed by atoms with E-state index in [4.69, 9.17) is 14.0 Å². The van der Waals surface area contributed by atoms with Crippen LogP contribution in [0.4, 0.5) is 0 Å². The van der Waals surface area contributed by atoms with Gasteiger partial charge in [0.1, 0.15) is 5.75 Å². The number of amides is 1. The van der Waals surface area contributed by atoms with Gasteiger partial charge in [-0.3, -0.25) is 4.79 Å². The second-order valence-corrected chi connectivity index (χ2v) is 7.56. The van der Waals surface area contributed by atoms with Crippen LogP contribution in [0.2, 0.25) is 0 Å². The second-order valence-electron chi connectivity index (χ2n) is 7.56. The van der Waals surface area contributed by atoms with Crippen molar-refractivity contribution in [3.63, 3.8) is 0 Å². The van der Waals surface area contributed by atoms with E-state index in [0.717, 1.165) is 11.0 Å². The number of ether oxygens (including phenoxy) is 1. The number of hydrogen-bond donors (Lipinski definition) is 1. The highest BCUT2D eigenvalue weighted by Crippen LogP contribution is 2.36. The first-order valence-electron chi connectivity index (χ1n) is 8.37. The first-order valence-corrected chi connectivity index (χ1v) is 8.37. The summed E-state index contributed by atoms with van der Waals surface area (Å²) in [6, 6.07) is 5.82. The molecule has 0 radical (unpaired) electrons. The first-order chi connectivity index (χ1) is 11.1. The molecule has 1 aromatic rings. The van der Waals surface area contributed by atoms with Gasteiger partial charge >= 0.3 is 7.12 Å². The highest BCUT2D eigenvalue weighted by molar-refractivity contribution is 6.62. The number of carbonyl (C=O) groups excluding carboxylic acids is 1. The Labute approximate surface area is 145 Å². The van der Waals surface area contributed by atoms with Gasteiger partial charge in [-0.15, -0.1) is 0 Å². The molecule has 2 rings (SSSR count). The summed E-state index contributed by atoms with van der Waals surface area (Å²) >= 11 is 0. The van der Waals surface area contributed by atoms with Gasteiger partial charge in [-0.25, -0.2) is 0 Å². The molecular weight excluding hydrogens is 305 g/mol. The largest absolute Gasteiger partial charge is 0.496 e. The van der Waals surface area contributed by atoms with Crippen LogP contribution in [0.1, 0.15) is 47.1 Å². The molecule has 5 nitrogen and oxygen atoms in total. The lowest BCUT2D eigenvalue weighted by Crippen LogP contribution is -2.41. The Morgan fingerprint density at radius 1 is 1.21 bits per heavy atom. The lowest BCUT2D eigenvalue weighted by atomic mass is 9.78. The number of methoxy groups -OCH3 is 1. The summed E-state index contributed by atoms with van der Waals surface area (Å²) in [6.07, 6.45) is 0.259. The third-order valence-electron chi connectivity index (χ3n) is 4.63. The third-order valence-corrected chi connectivity index (χ3v) is 4.63. The highest BCUT2D eigenvalue weighted by Gasteiger charge is 2.51. The van der Waals surface area contributed by atoms with Crippen LogP contribution in [-0.4, -0.2) is 37.4 Å². The number of rotatable bonds is 5. The molecule has 1 fully saturated rings. The minimum absolute atomic E-state index is 0.0330. The minimum Gasteiger partial charge on any atom is -0.496 e. The van der Waals surface area contributed by atoms with Crippen LogP contribution in [0.5, 0.6) is 5.75 Å². The van der Waals surface area contributed by atoms with Gasteiger partial charge in [0, 0.05) is 11.6 Å². The van der Waals surface area contributed by atoms with Crippen molar-refractivity contribution in [1.29, 1.82) is 0 Å². The van der Waals surface area contributed by atoms with Crippen LogP contribution in [0.3, 0.4) is 0 Å². The summed E-state index contributed by atoms with van der Waals surface area (Å²) in [4.78, 5) is 12.1. The molecule has 132 valence electrons. The van der Waals surface area contributed by atoms with Crippen LogP contribution in [0.15, 0.2) is 18.2 Å². The summed E-state index contributed by atoms with van der Waals surface area (Å²) in [7, 11) is 1.15. The van der Waals surface area contributed by atoms with Crippen LogP contribution in [-0.2, 0) is 20.5 Å². The van der Waals surface area contributed by atoms with E-state index in [0.29, 0.717) is 5.75 Å². The van der Waals surface area contributed by atoms with Crippen LogP contribution in [0, 0.1) is 0 Å². The fourth-order valence-electron chi connectivity index (χ4n) is 2.61. The van der Waals surface area contributed by atoms with E-state index in [1.807, 2.05) is 59.7 Å². The van der Waals surface area contributed by atoms with Gasteiger partial charge in [-0.1, -0.05) is 12.1 Å². The van der Waals surface area contributed by atoms with E-state index in [1.165, 1.54) is 0 Å². The Hall–Kier alpha value is -1.53. The summed E-state index contributed by atoms with van der Waals surface area (Å²) in [5.74, 6) is 0.656. The Kier molecular flexibility index (Phi) is 5.30. The Morgan fingerprint density at radius 2 is 1.79 bits per heavy atom. The van der Waals surface area contributed by atoms with Gasteiger partial charge in [0.05, 0.1) is 24.7 Å². The molecular formula is C18H28BNO4. The average molecular weight is 333 g/mol. The maximum atomic E-state index is 12.1. The molecule has 0 aliphatic carbocycles. The van der Waals surface area contributed by atoms with E-state index in [2.05, 4.69) is 5.32 Å². The van der Waals surface area contributed by atoms with E-state index in [1.54, 1.807) is 7.11 Å². The highest BCUT2D eigenvalue weighted by atomic mass is 16.7. The summed E-state index contributed by atoms with van der Waals surface area (Å²) < 4.78 is 17.6. The molecule has 1 aliphatic rings. The zero-order valence-electron chi connectivity index (χ0n) is 15.7. The van der Waals surface area contributed by atoms with Crippen molar-refractivity contribution in [3.8, 4) is 5.75 Å². The van der Waals surface area contributed by atoms with Gasteiger partial charge in [0.15, 0.2) is 0 Å². The second kappa shape index (κ2) is 6.77. The Bertz CT molecular complexity index is 597. The molecule has 0 atom stereocenters. The topological polar surface area (TPSA) is 56.8 Å². The van der Waals surface area contributed by atoms with Crippen molar-refractivity contribution in [2.75, 3.05) is 7.11 Å². The molecule has 0 saturated carbocycles. The molecule has 0 aromatic heterocycles. The van der Waals surface area contributed by atoms with Crippen LogP contribution in [0.25, 0.3) is 0 Å². The number of carbonyl (C=O) groups is 1. The molecule has 0 unspecified atom stereocenters. The molecule has 1 aliphatic heterocycles. The van der Waals surface area contributed by atoms with Gasteiger partial charge in [-0.05, 0) is 53.1 Å². The number of nitrogens with one attached hydrogen (secondary N) is 1. The van der Waals surface area contributed by atoms with Crippen molar-refractivity contribution in [1.82, 2.24) is 5.32 Å². The van der Waals surface area contributed by atoms with Crippen LogP contribution >= 0.6 is 0 Å². The summed E-state index contributed by atoms with van der Waals surface area (Å²) in [6.45, 7) is 12.0. The van der Waals surface area contributed by atoms with E-state index in [9.17, 15) is 4.79 Å². The quantitative estimate of drug-likeness (QED) is 0.838. The summed E-state index contributed by atoms with van der Waals surface area (Å²) in [5.41, 5.74) is 0.921. The lowest BCUT2D eigenvalue weighted by Gasteiger charge is -2.32. The Morgan fingerprint density at radius 3 is 2.29 bits per heavy atom. The van der Waals surface area contributed by atoms with Crippen molar-refractivity contribution in [2.24, 2.45) is 0 Å². The third kappa shape index (κ3) is 3.93. The number of benzene rings is 1. The molecule has 1 aromatic carbocycles. The fourth-order valence-corrected chi connectivity index (χ4v) is 2.61. The van der Waals surface area contributed by atoms with Gasteiger partial charge < -0.3 is 19.4 Å². The van der Waals surface area contributed by atoms with Crippen molar-refractivity contribution < 1.29 is 18.8 Å². The number of hydrogen-bond acceptors (Lipinski definition) is 4. The van der Waals surface area contributed by atoms with Crippen molar-refractivity contribution in [2.45, 2.75) is 65.2 Å². The van der Waals surface area contributed by atoms with Gasteiger partial charge in [0.2, 0.25) is 5.91 Å². The van der Waals surface area contributed by atoms with Gasteiger partial charge in [-0.2, -0.15) is 0 Å². The van der Waals surface area contributed by atoms with Crippen molar-refractivity contribution in [3.05, 3.63) is 23.8 Å². The Balaban J connectivity index is 2.24. The first kappa shape index (κ1) is 18.8. The fraction of sp³-hybridized carbons (Fsp3) is 0.611. The lowest BCUT2D eigenvalue weighted by molar-refractivity contribution is -0.120. The molecule has 6 heteroatoms. The maximum Gasteiger partial charge on any atom is 0.494 e. The zero-order chi connectivity index (χ0) is 18.1. The SMILES string of the molecule is COc1ccc(B2OC(C)(C)C(C)(C)O2)cc1CC(=O)NC(C)C. The van der Waals surface area contributed by atoms with E-state index < -0.39 is 18.3 Å². The minimum atomic E-state index is -0.451.